The molecule has 1 heterocycles. The lowest BCUT2D eigenvalue weighted by molar-refractivity contribution is -0.0301. The smallest absolute Gasteiger partial charge is 0.251 e. The number of nitrogens with one attached hydrogen (secondary N) is 1. The number of hydrogen-bond acceptors (Lipinski definition) is 3. The number of carbonyl (C=O) groups excluding carboxylic acids is 1. The molecule has 0 saturated carbocycles. The number of nitrogens with zero attached hydrogens (tertiary/aromatic N) is 1. The Morgan fingerprint density at radius 2 is 1.82 bits per heavy atom. The van der Waals surface area contributed by atoms with Crippen molar-refractivity contribution in [2.45, 2.75) is 38.7 Å². The van der Waals surface area contributed by atoms with Crippen LogP contribution in [-0.2, 0) is 10.2 Å². The summed E-state index contributed by atoms with van der Waals surface area (Å²) in [7, 11) is 0. The van der Waals surface area contributed by atoms with E-state index in [0.717, 1.165) is 38.2 Å². The molecule has 1 fully saturated rings. The predicted octanol–water partition coefficient (Wildman–Crippen LogP) is 4.18. The first-order chi connectivity index (χ1) is 13.4. The fourth-order valence-corrected chi connectivity index (χ4v) is 3.50. The molecule has 150 valence electrons. The van der Waals surface area contributed by atoms with E-state index in [1.807, 2.05) is 30.3 Å². The molecule has 0 unspecified atom stereocenters. The summed E-state index contributed by atoms with van der Waals surface area (Å²) in [6.45, 7) is 10.8. The van der Waals surface area contributed by atoms with Crippen LogP contribution in [0.5, 0.6) is 0 Å². The summed E-state index contributed by atoms with van der Waals surface area (Å²) in [6.07, 6.45) is 1.08. The van der Waals surface area contributed by atoms with Gasteiger partial charge >= 0.3 is 0 Å². The first-order valence-electron chi connectivity index (χ1n) is 10.2. The van der Waals surface area contributed by atoms with Crippen molar-refractivity contribution in [3.05, 3.63) is 71.3 Å². The minimum Gasteiger partial charge on any atom is -0.371 e. The second-order valence-electron chi connectivity index (χ2n) is 8.51. The van der Waals surface area contributed by atoms with Gasteiger partial charge in [0, 0.05) is 31.7 Å². The number of ether oxygens (including phenoxy) is 1. The molecule has 1 aliphatic rings. The second-order valence-corrected chi connectivity index (χ2v) is 8.51. The molecular formula is C24H32N2O2. The summed E-state index contributed by atoms with van der Waals surface area (Å²) in [5.74, 6) is 0.00426. The van der Waals surface area contributed by atoms with E-state index < -0.39 is 0 Å². The van der Waals surface area contributed by atoms with Crippen LogP contribution in [0.1, 0.15) is 54.8 Å². The third kappa shape index (κ3) is 5.66. The van der Waals surface area contributed by atoms with Crippen molar-refractivity contribution < 1.29 is 9.53 Å². The van der Waals surface area contributed by atoms with Crippen molar-refractivity contribution in [3.63, 3.8) is 0 Å². The number of carbonyl (C=O) groups is 1. The Labute approximate surface area is 168 Å². The Kier molecular flexibility index (Phi) is 6.87. The summed E-state index contributed by atoms with van der Waals surface area (Å²) in [5.41, 5.74) is 3.30. The summed E-state index contributed by atoms with van der Waals surface area (Å²) in [5, 5.41) is 3.04. The topological polar surface area (TPSA) is 41.6 Å². The van der Waals surface area contributed by atoms with Gasteiger partial charge in [-0.1, -0.05) is 63.2 Å². The molecule has 4 heteroatoms. The van der Waals surface area contributed by atoms with Crippen LogP contribution < -0.4 is 5.32 Å². The van der Waals surface area contributed by atoms with E-state index >= 15 is 0 Å². The molecule has 0 spiro atoms. The van der Waals surface area contributed by atoms with Crippen LogP contribution in [0.2, 0.25) is 0 Å². The Balaban J connectivity index is 1.41. The van der Waals surface area contributed by atoms with Gasteiger partial charge in [0.1, 0.15) is 0 Å². The van der Waals surface area contributed by atoms with Gasteiger partial charge in [-0.2, -0.15) is 0 Å². The Morgan fingerprint density at radius 1 is 1.11 bits per heavy atom. The molecule has 2 aromatic rings. The molecule has 1 atom stereocenters. The quantitative estimate of drug-likeness (QED) is 0.765. The monoisotopic (exact) mass is 380 g/mol. The highest BCUT2D eigenvalue weighted by atomic mass is 16.5. The zero-order valence-electron chi connectivity index (χ0n) is 17.3. The zero-order valence-corrected chi connectivity index (χ0v) is 17.3. The first kappa shape index (κ1) is 20.6. The number of morpholine rings is 1. The Hall–Kier alpha value is -2.17. The van der Waals surface area contributed by atoms with Gasteiger partial charge < -0.3 is 10.1 Å². The minimum atomic E-state index is 0.00426. The van der Waals surface area contributed by atoms with Gasteiger partial charge in [-0.25, -0.2) is 0 Å². The van der Waals surface area contributed by atoms with Gasteiger partial charge in [0.05, 0.1) is 12.7 Å². The van der Waals surface area contributed by atoms with Crippen molar-refractivity contribution >= 4 is 5.91 Å². The maximum atomic E-state index is 12.3. The van der Waals surface area contributed by atoms with E-state index in [-0.39, 0.29) is 17.4 Å². The molecule has 0 aliphatic carbocycles. The van der Waals surface area contributed by atoms with Crippen LogP contribution in [0, 0.1) is 0 Å². The first-order valence-corrected chi connectivity index (χ1v) is 10.2. The van der Waals surface area contributed by atoms with Crippen LogP contribution in [0.25, 0.3) is 0 Å². The predicted molar refractivity (Wildman–Crippen MR) is 114 cm³/mol. The maximum absolute atomic E-state index is 12.3. The van der Waals surface area contributed by atoms with Crippen LogP contribution in [0.4, 0.5) is 0 Å². The van der Waals surface area contributed by atoms with Crippen LogP contribution in [0.3, 0.4) is 0 Å². The normalized spacial score (nSPS) is 18.0. The molecule has 0 aromatic heterocycles. The lowest BCUT2D eigenvalue weighted by atomic mass is 9.87. The average molecular weight is 381 g/mol. The molecule has 3 rings (SSSR count). The third-order valence-electron chi connectivity index (χ3n) is 5.27. The Bertz CT molecular complexity index is 750. The van der Waals surface area contributed by atoms with Gasteiger partial charge in [0.2, 0.25) is 0 Å². The van der Waals surface area contributed by atoms with E-state index in [2.05, 4.69) is 55.3 Å². The van der Waals surface area contributed by atoms with Gasteiger partial charge in [0.15, 0.2) is 0 Å². The molecular weight excluding hydrogens is 348 g/mol. The van der Waals surface area contributed by atoms with Crippen molar-refractivity contribution in [3.8, 4) is 0 Å². The fraction of sp³-hybridized carbons (Fsp3) is 0.458. The molecule has 1 aliphatic heterocycles. The molecule has 2 aromatic carbocycles. The highest BCUT2D eigenvalue weighted by Crippen LogP contribution is 2.23. The number of hydrogen-bond donors (Lipinski definition) is 1. The zero-order chi connectivity index (χ0) is 20.0. The molecule has 0 bridgehead atoms. The van der Waals surface area contributed by atoms with Crippen molar-refractivity contribution in [1.82, 2.24) is 10.2 Å². The fourth-order valence-electron chi connectivity index (χ4n) is 3.50. The van der Waals surface area contributed by atoms with E-state index in [1.54, 1.807) is 0 Å². The second kappa shape index (κ2) is 9.35. The van der Waals surface area contributed by atoms with Gasteiger partial charge in [-0.05, 0) is 35.1 Å². The average Bonchev–Trinajstić information content (AvgIpc) is 2.71. The van der Waals surface area contributed by atoms with Crippen LogP contribution >= 0.6 is 0 Å². The van der Waals surface area contributed by atoms with Crippen LogP contribution in [-0.4, -0.2) is 43.6 Å². The van der Waals surface area contributed by atoms with Gasteiger partial charge in [-0.3, -0.25) is 9.69 Å². The summed E-state index contributed by atoms with van der Waals surface area (Å²) >= 11 is 0. The number of rotatable bonds is 6. The summed E-state index contributed by atoms with van der Waals surface area (Å²) in [4.78, 5) is 14.8. The van der Waals surface area contributed by atoms with Gasteiger partial charge in [-0.15, -0.1) is 0 Å². The number of amides is 1. The SMILES string of the molecule is CC(C)(C)c1ccc(C(=O)NCCCN2CCO[C@H](c3ccccc3)C2)cc1. The molecule has 1 amide bonds. The number of benzene rings is 2. The van der Waals surface area contributed by atoms with E-state index in [9.17, 15) is 4.79 Å². The van der Waals surface area contributed by atoms with Crippen LogP contribution in [0.15, 0.2) is 54.6 Å². The lowest BCUT2D eigenvalue weighted by Crippen LogP contribution is -2.39. The molecule has 1 N–H and O–H groups in total. The highest BCUT2D eigenvalue weighted by Gasteiger charge is 2.21. The summed E-state index contributed by atoms with van der Waals surface area (Å²) < 4.78 is 5.92. The van der Waals surface area contributed by atoms with E-state index in [1.165, 1.54) is 11.1 Å². The van der Waals surface area contributed by atoms with Crippen molar-refractivity contribution in [2.75, 3.05) is 32.8 Å². The summed E-state index contributed by atoms with van der Waals surface area (Å²) in [6, 6.07) is 18.3. The largest absolute Gasteiger partial charge is 0.371 e. The van der Waals surface area contributed by atoms with E-state index in [4.69, 9.17) is 4.74 Å². The standard InChI is InChI=1S/C24H32N2O2/c1-24(2,3)21-12-10-20(11-13-21)23(27)25-14-7-15-26-16-17-28-22(18-26)19-8-5-4-6-9-19/h4-6,8-13,22H,7,14-18H2,1-3H3,(H,25,27)/t22-/m0/s1. The van der Waals surface area contributed by atoms with Crippen molar-refractivity contribution in [2.24, 2.45) is 0 Å². The lowest BCUT2D eigenvalue weighted by Gasteiger charge is -2.33. The maximum Gasteiger partial charge on any atom is 0.251 e. The highest BCUT2D eigenvalue weighted by molar-refractivity contribution is 5.94. The van der Waals surface area contributed by atoms with E-state index in [0.29, 0.717) is 6.54 Å². The molecule has 28 heavy (non-hydrogen) atoms. The molecule has 1 saturated heterocycles. The molecule has 4 nitrogen and oxygen atoms in total. The third-order valence-corrected chi connectivity index (χ3v) is 5.27. The molecule has 0 radical (unpaired) electrons. The van der Waals surface area contributed by atoms with Crippen molar-refractivity contribution in [1.29, 1.82) is 0 Å². The minimum absolute atomic E-state index is 0.00426. The van der Waals surface area contributed by atoms with Gasteiger partial charge in [0.25, 0.3) is 5.91 Å². The Morgan fingerprint density at radius 3 is 2.50 bits per heavy atom.